The predicted octanol–water partition coefficient (Wildman–Crippen LogP) is 2.11. The Labute approximate surface area is 160 Å². The van der Waals surface area contributed by atoms with Crippen molar-refractivity contribution in [3.8, 4) is 0 Å². The van der Waals surface area contributed by atoms with Crippen molar-refractivity contribution in [1.29, 1.82) is 0 Å². The van der Waals surface area contributed by atoms with Crippen LogP contribution in [0.3, 0.4) is 0 Å². The second kappa shape index (κ2) is 8.21. The van der Waals surface area contributed by atoms with Gasteiger partial charge in [0, 0.05) is 37.8 Å². The van der Waals surface area contributed by atoms with Crippen molar-refractivity contribution in [2.24, 2.45) is 0 Å². The third kappa shape index (κ3) is 4.74. The van der Waals surface area contributed by atoms with Gasteiger partial charge in [-0.3, -0.25) is 4.79 Å². The van der Waals surface area contributed by atoms with Crippen molar-refractivity contribution >= 4 is 15.9 Å². The van der Waals surface area contributed by atoms with Crippen LogP contribution in [0.4, 0.5) is 0 Å². The SMILES string of the molecule is CC(NS(=O)(=O)c1cccc(C(=O)N2CCN(C)CC2)c1)c1ccccc1. The van der Waals surface area contributed by atoms with Gasteiger partial charge < -0.3 is 9.80 Å². The highest BCUT2D eigenvalue weighted by atomic mass is 32.2. The molecule has 1 unspecified atom stereocenters. The van der Waals surface area contributed by atoms with E-state index in [-0.39, 0.29) is 16.8 Å². The van der Waals surface area contributed by atoms with Gasteiger partial charge in [-0.25, -0.2) is 13.1 Å². The van der Waals surface area contributed by atoms with Crippen molar-refractivity contribution in [2.75, 3.05) is 33.2 Å². The van der Waals surface area contributed by atoms with Crippen LogP contribution in [0.25, 0.3) is 0 Å². The number of rotatable bonds is 5. The van der Waals surface area contributed by atoms with E-state index in [4.69, 9.17) is 0 Å². The van der Waals surface area contributed by atoms with Crippen LogP contribution in [0.2, 0.25) is 0 Å². The highest BCUT2D eigenvalue weighted by Crippen LogP contribution is 2.18. The lowest BCUT2D eigenvalue weighted by Crippen LogP contribution is -2.47. The third-order valence-electron chi connectivity index (χ3n) is 4.81. The summed E-state index contributed by atoms with van der Waals surface area (Å²) in [6.07, 6.45) is 0. The first kappa shape index (κ1) is 19.5. The Morgan fingerprint density at radius 1 is 1.00 bits per heavy atom. The van der Waals surface area contributed by atoms with E-state index in [0.717, 1.165) is 18.7 Å². The van der Waals surface area contributed by atoms with Crippen molar-refractivity contribution < 1.29 is 13.2 Å². The van der Waals surface area contributed by atoms with Gasteiger partial charge in [-0.2, -0.15) is 0 Å². The van der Waals surface area contributed by atoms with Crippen LogP contribution in [-0.4, -0.2) is 57.4 Å². The quantitative estimate of drug-likeness (QED) is 0.853. The highest BCUT2D eigenvalue weighted by molar-refractivity contribution is 7.89. The Kier molecular flexibility index (Phi) is 5.94. The molecule has 0 bridgehead atoms. The smallest absolute Gasteiger partial charge is 0.253 e. The molecule has 1 N–H and O–H groups in total. The lowest BCUT2D eigenvalue weighted by atomic mass is 10.1. The topological polar surface area (TPSA) is 69.7 Å². The van der Waals surface area contributed by atoms with Crippen LogP contribution >= 0.6 is 0 Å². The summed E-state index contributed by atoms with van der Waals surface area (Å²) < 4.78 is 28.2. The van der Waals surface area contributed by atoms with Gasteiger partial charge in [0.25, 0.3) is 5.91 Å². The van der Waals surface area contributed by atoms with E-state index in [1.54, 1.807) is 24.0 Å². The minimum atomic E-state index is -3.73. The number of likely N-dealkylation sites (N-methyl/N-ethyl adjacent to an activating group) is 1. The fraction of sp³-hybridized carbons (Fsp3) is 0.350. The van der Waals surface area contributed by atoms with Crippen LogP contribution in [0.15, 0.2) is 59.5 Å². The first-order valence-corrected chi connectivity index (χ1v) is 10.5. The number of carbonyl (C=O) groups is 1. The van der Waals surface area contributed by atoms with Crippen molar-refractivity contribution in [1.82, 2.24) is 14.5 Å². The Morgan fingerprint density at radius 2 is 1.67 bits per heavy atom. The van der Waals surface area contributed by atoms with E-state index in [0.29, 0.717) is 18.7 Å². The zero-order valence-electron chi connectivity index (χ0n) is 15.6. The van der Waals surface area contributed by atoms with Crippen molar-refractivity contribution in [3.05, 3.63) is 65.7 Å². The molecule has 144 valence electrons. The second-order valence-electron chi connectivity index (χ2n) is 6.88. The molecule has 0 aromatic heterocycles. The summed E-state index contributed by atoms with van der Waals surface area (Å²) in [7, 11) is -1.71. The molecule has 1 aliphatic heterocycles. The molecule has 0 radical (unpaired) electrons. The molecule has 1 saturated heterocycles. The summed E-state index contributed by atoms with van der Waals surface area (Å²) in [6, 6.07) is 15.3. The number of amides is 1. The van der Waals surface area contributed by atoms with Crippen LogP contribution < -0.4 is 4.72 Å². The van der Waals surface area contributed by atoms with Gasteiger partial charge in [-0.15, -0.1) is 0 Å². The molecule has 1 atom stereocenters. The van der Waals surface area contributed by atoms with Gasteiger partial charge in [0.15, 0.2) is 0 Å². The number of nitrogens with zero attached hydrogens (tertiary/aromatic N) is 2. The van der Waals surface area contributed by atoms with Gasteiger partial charge in [0.2, 0.25) is 10.0 Å². The van der Waals surface area contributed by atoms with Crippen molar-refractivity contribution in [3.63, 3.8) is 0 Å². The number of sulfonamides is 1. The number of hydrogen-bond donors (Lipinski definition) is 1. The monoisotopic (exact) mass is 387 g/mol. The maximum atomic E-state index is 12.8. The molecule has 1 heterocycles. The Bertz CT molecular complexity index is 892. The molecule has 7 heteroatoms. The molecule has 0 aliphatic carbocycles. The molecule has 2 aromatic rings. The average molecular weight is 388 g/mol. The molecular formula is C20H25N3O3S. The van der Waals surface area contributed by atoms with Crippen LogP contribution in [0.5, 0.6) is 0 Å². The molecule has 27 heavy (non-hydrogen) atoms. The molecule has 1 fully saturated rings. The minimum absolute atomic E-state index is 0.102. The number of hydrogen-bond acceptors (Lipinski definition) is 4. The lowest BCUT2D eigenvalue weighted by molar-refractivity contribution is 0.0664. The molecule has 1 amide bonds. The molecule has 3 rings (SSSR count). The zero-order valence-corrected chi connectivity index (χ0v) is 16.4. The molecule has 0 spiro atoms. The van der Waals surface area contributed by atoms with E-state index in [2.05, 4.69) is 9.62 Å². The van der Waals surface area contributed by atoms with Gasteiger partial charge in [-0.1, -0.05) is 36.4 Å². The predicted molar refractivity (Wildman–Crippen MR) is 105 cm³/mol. The standard InChI is InChI=1S/C20H25N3O3S/c1-16(17-7-4-3-5-8-17)21-27(25,26)19-10-6-9-18(15-19)20(24)23-13-11-22(2)12-14-23/h3-10,15-16,21H,11-14H2,1-2H3. The van der Waals surface area contributed by atoms with Gasteiger partial charge >= 0.3 is 0 Å². The van der Waals surface area contributed by atoms with E-state index >= 15 is 0 Å². The van der Waals surface area contributed by atoms with E-state index in [1.165, 1.54) is 12.1 Å². The Hall–Kier alpha value is -2.22. The first-order valence-electron chi connectivity index (χ1n) is 9.02. The zero-order chi connectivity index (χ0) is 19.4. The van der Waals surface area contributed by atoms with E-state index in [1.807, 2.05) is 37.4 Å². The highest BCUT2D eigenvalue weighted by Gasteiger charge is 2.23. The summed E-state index contributed by atoms with van der Waals surface area (Å²) in [5.74, 6) is -0.128. The number of carbonyl (C=O) groups excluding carboxylic acids is 1. The van der Waals surface area contributed by atoms with Crippen LogP contribution in [-0.2, 0) is 10.0 Å². The summed E-state index contributed by atoms with van der Waals surface area (Å²) >= 11 is 0. The minimum Gasteiger partial charge on any atom is -0.336 e. The van der Waals surface area contributed by atoms with Gasteiger partial charge in [0.05, 0.1) is 4.90 Å². The number of nitrogens with one attached hydrogen (secondary N) is 1. The Morgan fingerprint density at radius 3 is 2.33 bits per heavy atom. The van der Waals surface area contributed by atoms with E-state index in [9.17, 15) is 13.2 Å². The largest absolute Gasteiger partial charge is 0.336 e. The van der Waals surface area contributed by atoms with Crippen LogP contribution in [0.1, 0.15) is 28.9 Å². The Balaban J connectivity index is 1.76. The van der Waals surface area contributed by atoms with Crippen LogP contribution in [0, 0.1) is 0 Å². The third-order valence-corrected chi connectivity index (χ3v) is 6.35. The van der Waals surface area contributed by atoms with Crippen molar-refractivity contribution in [2.45, 2.75) is 17.9 Å². The number of benzene rings is 2. The van der Waals surface area contributed by atoms with E-state index < -0.39 is 10.0 Å². The summed E-state index contributed by atoms with van der Waals surface area (Å²) in [5.41, 5.74) is 1.28. The summed E-state index contributed by atoms with van der Waals surface area (Å²) in [6.45, 7) is 4.73. The summed E-state index contributed by atoms with van der Waals surface area (Å²) in [5, 5.41) is 0. The molecule has 0 saturated carbocycles. The fourth-order valence-corrected chi connectivity index (χ4v) is 4.38. The maximum Gasteiger partial charge on any atom is 0.253 e. The molecule has 2 aromatic carbocycles. The normalized spacial score (nSPS) is 16.9. The first-order chi connectivity index (χ1) is 12.9. The van der Waals surface area contributed by atoms with Gasteiger partial charge in [-0.05, 0) is 37.7 Å². The fourth-order valence-electron chi connectivity index (χ4n) is 3.10. The van der Waals surface area contributed by atoms with Gasteiger partial charge in [0.1, 0.15) is 0 Å². The second-order valence-corrected chi connectivity index (χ2v) is 8.59. The maximum absolute atomic E-state index is 12.8. The summed E-state index contributed by atoms with van der Waals surface area (Å²) in [4.78, 5) is 16.8. The molecule has 1 aliphatic rings. The lowest BCUT2D eigenvalue weighted by Gasteiger charge is -2.32. The number of piperazine rings is 1. The molecular weight excluding hydrogens is 362 g/mol. The average Bonchev–Trinajstić information content (AvgIpc) is 2.68. The molecule has 6 nitrogen and oxygen atoms in total.